The number of nitrogens with zero attached hydrogens (tertiary/aromatic N) is 2. The minimum atomic E-state index is -1.04. The topological polar surface area (TPSA) is 134 Å². The molecule has 34 heavy (non-hydrogen) atoms. The lowest BCUT2D eigenvalue weighted by atomic mass is 9.84. The summed E-state index contributed by atoms with van der Waals surface area (Å²) in [5.41, 5.74) is -0.344. The SMILES string of the molecule is CC(O)CC(=O)O.CCC(=O)N(c1ccccc1)C1(C(=O)OC)CCN(CCC(=O)OC)CC1. The Labute approximate surface area is 200 Å². The number of amides is 1. The van der Waals surface area contributed by atoms with Crippen molar-refractivity contribution in [2.75, 3.05) is 38.8 Å². The fraction of sp³-hybridized carbons (Fsp3) is 0.583. The Bertz CT molecular complexity index is 804. The highest BCUT2D eigenvalue weighted by Gasteiger charge is 2.49. The first-order valence-electron chi connectivity index (χ1n) is 11.3. The lowest BCUT2D eigenvalue weighted by molar-refractivity contribution is -0.151. The van der Waals surface area contributed by atoms with Crippen LogP contribution < -0.4 is 4.90 Å². The van der Waals surface area contributed by atoms with Crippen LogP contribution in [0.5, 0.6) is 0 Å². The number of carbonyl (C=O) groups is 4. The zero-order valence-electron chi connectivity index (χ0n) is 20.4. The fourth-order valence-corrected chi connectivity index (χ4v) is 3.82. The average Bonchev–Trinajstić information content (AvgIpc) is 2.82. The highest BCUT2D eigenvalue weighted by atomic mass is 16.5. The molecule has 0 radical (unpaired) electrons. The van der Waals surface area contributed by atoms with Crippen molar-refractivity contribution in [3.05, 3.63) is 30.3 Å². The molecule has 1 aliphatic rings. The van der Waals surface area contributed by atoms with Gasteiger partial charge in [0.05, 0.1) is 33.2 Å². The summed E-state index contributed by atoms with van der Waals surface area (Å²) in [6.07, 6.45) is 0.596. The average molecular weight is 481 g/mol. The van der Waals surface area contributed by atoms with Gasteiger partial charge in [-0.2, -0.15) is 0 Å². The van der Waals surface area contributed by atoms with Crippen LogP contribution >= 0.6 is 0 Å². The Hall–Kier alpha value is -2.98. The van der Waals surface area contributed by atoms with Gasteiger partial charge in [-0.1, -0.05) is 25.1 Å². The van der Waals surface area contributed by atoms with Crippen LogP contribution in [0.1, 0.15) is 46.0 Å². The number of anilines is 1. The lowest BCUT2D eigenvalue weighted by Gasteiger charge is -2.46. The molecule has 10 heteroatoms. The van der Waals surface area contributed by atoms with Crippen molar-refractivity contribution in [3.63, 3.8) is 0 Å². The number of carboxylic acids is 1. The van der Waals surface area contributed by atoms with E-state index in [1.165, 1.54) is 21.1 Å². The maximum Gasteiger partial charge on any atom is 0.332 e. The number of hydrogen-bond donors (Lipinski definition) is 2. The van der Waals surface area contributed by atoms with Crippen LogP contribution in [0, 0.1) is 0 Å². The third-order valence-corrected chi connectivity index (χ3v) is 5.57. The van der Waals surface area contributed by atoms with Gasteiger partial charge in [0, 0.05) is 31.7 Å². The summed E-state index contributed by atoms with van der Waals surface area (Å²) in [5.74, 6) is -1.74. The van der Waals surface area contributed by atoms with Crippen molar-refractivity contribution in [3.8, 4) is 0 Å². The monoisotopic (exact) mass is 480 g/mol. The molecule has 0 saturated carbocycles. The molecule has 1 unspecified atom stereocenters. The molecule has 2 rings (SSSR count). The molecule has 0 spiro atoms. The maximum absolute atomic E-state index is 12.8. The Balaban J connectivity index is 0.000000718. The minimum Gasteiger partial charge on any atom is -0.481 e. The first-order valence-corrected chi connectivity index (χ1v) is 11.3. The summed E-state index contributed by atoms with van der Waals surface area (Å²) in [6, 6.07) is 9.24. The number of ether oxygens (including phenoxy) is 2. The van der Waals surface area contributed by atoms with Crippen molar-refractivity contribution in [2.24, 2.45) is 0 Å². The number of rotatable bonds is 9. The number of hydrogen-bond acceptors (Lipinski definition) is 8. The molecule has 1 heterocycles. The summed E-state index contributed by atoms with van der Waals surface area (Å²) in [7, 11) is 2.72. The number of para-hydroxylation sites is 1. The number of aliphatic carboxylic acids is 1. The van der Waals surface area contributed by atoms with Crippen LogP contribution in [-0.4, -0.2) is 84.4 Å². The molecule has 1 atom stereocenters. The number of aliphatic hydroxyl groups excluding tert-OH is 1. The van der Waals surface area contributed by atoms with E-state index in [1.807, 2.05) is 30.3 Å². The highest BCUT2D eigenvalue weighted by molar-refractivity contribution is 6.02. The Morgan fingerprint density at radius 3 is 2.09 bits per heavy atom. The standard InChI is InChI=1S/C20H28N2O5.C4H8O3/c1-4-17(23)22(16-8-6-5-7-9-16)20(19(25)27-3)11-14-21(15-12-20)13-10-18(24)26-2;1-3(5)2-4(6)7/h5-9H,4,10-15H2,1-3H3;3,5H,2H2,1H3,(H,6,7). The van der Waals surface area contributed by atoms with E-state index >= 15 is 0 Å². The molecule has 1 fully saturated rings. The summed E-state index contributed by atoms with van der Waals surface area (Å²) < 4.78 is 9.80. The Morgan fingerprint density at radius 2 is 1.68 bits per heavy atom. The number of benzene rings is 1. The minimum absolute atomic E-state index is 0.116. The summed E-state index contributed by atoms with van der Waals surface area (Å²) in [5, 5.41) is 16.3. The zero-order chi connectivity index (χ0) is 25.7. The van der Waals surface area contributed by atoms with Gasteiger partial charge in [0.2, 0.25) is 5.91 Å². The van der Waals surface area contributed by atoms with E-state index in [4.69, 9.17) is 14.9 Å². The van der Waals surface area contributed by atoms with Gasteiger partial charge < -0.3 is 24.6 Å². The van der Waals surface area contributed by atoms with E-state index in [-0.39, 0.29) is 18.3 Å². The molecule has 0 aliphatic carbocycles. The molecule has 1 aliphatic heterocycles. The van der Waals surface area contributed by atoms with Crippen molar-refractivity contribution in [2.45, 2.75) is 57.6 Å². The molecule has 0 aromatic heterocycles. The van der Waals surface area contributed by atoms with Crippen LogP contribution in [0.4, 0.5) is 5.69 Å². The second-order valence-corrected chi connectivity index (χ2v) is 8.06. The molecule has 1 amide bonds. The molecular weight excluding hydrogens is 444 g/mol. The molecular formula is C24H36N2O8. The normalized spacial score (nSPS) is 15.8. The number of methoxy groups -OCH3 is 2. The molecule has 1 saturated heterocycles. The van der Waals surface area contributed by atoms with Crippen LogP contribution in [0.2, 0.25) is 0 Å². The van der Waals surface area contributed by atoms with Crippen molar-refractivity contribution < 1.29 is 38.9 Å². The number of aliphatic hydroxyl groups is 1. The summed E-state index contributed by atoms with van der Waals surface area (Å²) in [6.45, 7) is 4.97. The number of carbonyl (C=O) groups excluding carboxylic acids is 3. The van der Waals surface area contributed by atoms with Gasteiger partial charge in [-0.15, -0.1) is 0 Å². The highest BCUT2D eigenvalue weighted by Crippen LogP contribution is 2.35. The molecule has 1 aromatic rings. The molecule has 10 nitrogen and oxygen atoms in total. The van der Waals surface area contributed by atoms with Crippen molar-refractivity contribution >= 4 is 29.5 Å². The van der Waals surface area contributed by atoms with Gasteiger partial charge in [-0.25, -0.2) is 4.79 Å². The molecule has 190 valence electrons. The maximum atomic E-state index is 12.8. The van der Waals surface area contributed by atoms with E-state index in [0.717, 1.165) is 0 Å². The van der Waals surface area contributed by atoms with Crippen LogP contribution in [-0.2, 0) is 28.7 Å². The van der Waals surface area contributed by atoms with E-state index in [1.54, 1.807) is 11.8 Å². The van der Waals surface area contributed by atoms with Crippen molar-refractivity contribution in [1.29, 1.82) is 0 Å². The molecule has 0 bridgehead atoms. The smallest absolute Gasteiger partial charge is 0.332 e. The van der Waals surface area contributed by atoms with E-state index < -0.39 is 23.6 Å². The number of esters is 2. The fourth-order valence-electron chi connectivity index (χ4n) is 3.82. The van der Waals surface area contributed by atoms with Crippen LogP contribution in [0.25, 0.3) is 0 Å². The van der Waals surface area contributed by atoms with Gasteiger partial charge in [0.25, 0.3) is 0 Å². The van der Waals surface area contributed by atoms with Gasteiger partial charge in [-0.05, 0) is 31.9 Å². The Kier molecular flexibility index (Phi) is 12.2. The first-order chi connectivity index (χ1) is 16.1. The lowest BCUT2D eigenvalue weighted by Crippen LogP contribution is -2.62. The van der Waals surface area contributed by atoms with Crippen LogP contribution in [0.15, 0.2) is 30.3 Å². The summed E-state index contributed by atoms with van der Waals surface area (Å²) >= 11 is 0. The molecule has 2 N–H and O–H groups in total. The zero-order valence-corrected chi connectivity index (χ0v) is 20.4. The molecule has 1 aromatic carbocycles. The third kappa shape index (κ3) is 8.42. The predicted molar refractivity (Wildman–Crippen MR) is 125 cm³/mol. The number of likely N-dealkylation sites (tertiary alicyclic amines) is 1. The summed E-state index contributed by atoms with van der Waals surface area (Å²) in [4.78, 5) is 50.4. The first kappa shape index (κ1) is 29.1. The van der Waals surface area contributed by atoms with Crippen molar-refractivity contribution in [1.82, 2.24) is 4.90 Å². The number of carboxylic acid groups (broad SMARTS) is 1. The largest absolute Gasteiger partial charge is 0.481 e. The van der Waals surface area contributed by atoms with Crippen LogP contribution in [0.3, 0.4) is 0 Å². The van der Waals surface area contributed by atoms with E-state index in [9.17, 15) is 19.2 Å². The second-order valence-electron chi connectivity index (χ2n) is 8.06. The number of piperidine rings is 1. The van der Waals surface area contributed by atoms with Gasteiger partial charge in [0.15, 0.2) is 0 Å². The van der Waals surface area contributed by atoms with E-state index in [0.29, 0.717) is 51.0 Å². The second kappa shape index (κ2) is 14.3. The van der Waals surface area contributed by atoms with Gasteiger partial charge in [-0.3, -0.25) is 19.3 Å². The third-order valence-electron chi connectivity index (χ3n) is 5.57. The van der Waals surface area contributed by atoms with E-state index in [2.05, 4.69) is 9.64 Å². The van der Waals surface area contributed by atoms with Gasteiger partial charge >= 0.3 is 17.9 Å². The quantitative estimate of drug-likeness (QED) is 0.508. The Morgan fingerprint density at radius 1 is 1.09 bits per heavy atom. The van der Waals surface area contributed by atoms with Gasteiger partial charge in [0.1, 0.15) is 5.54 Å². The predicted octanol–water partition coefficient (Wildman–Crippen LogP) is 1.84.